The van der Waals surface area contributed by atoms with E-state index in [1.165, 1.54) is 5.56 Å². The molecule has 2 aliphatic heterocycles. The second-order valence-corrected chi connectivity index (χ2v) is 7.60. The van der Waals surface area contributed by atoms with Crippen LogP contribution in [0.25, 0.3) is 0 Å². The molecule has 1 N–H and O–H groups in total. The first-order valence-corrected chi connectivity index (χ1v) is 9.54. The summed E-state index contributed by atoms with van der Waals surface area (Å²) >= 11 is 5.90. The van der Waals surface area contributed by atoms with Crippen molar-refractivity contribution < 1.29 is 9.63 Å². The summed E-state index contributed by atoms with van der Waals surface area (Å²) in [6.07, 6.45) is 1.75. The van der Waals surface area contributed by atoms with E-state index in [2.05, 4.69) is 24.5 Å². The predicted molar refractivity (Wildman–Crippen MR) is 106 cm³/mol. The third-order valence-electron chi connectivity index (χ3n) is 5.14. The van der Waals surface area contributed by atoms with E-state index in [0.717, 1.165) is 17.0 Å². The largest absolute Gasteiger partial charge is 0.342 e. The van der Waals surface area contributed by atoms with Crippen LogP contribution < -0.4 is 5.48 Å². The van der Waals surface area contributed by atoms with Crippen LogP contribution in [0.3, 0.4) is 0 Å². The Bertz CT molecular complexity index is 854. The van der Waals surface area contributed by atoms with Gasteiger partial charge in [0.2, 0.25) is 5.91 Å². The second kappa shape index (κ2) is 7.33. The van der Waals surface area contributed by atoms with Gasteiger partial charge in [-0.2, -0.15) is 0 Å². The molecule has 5 nitrogen and oxygen atoms in total. The lowest BCUT2D eigenvalue weighted by molar-refractivity contribution is -0.138. The fraction of sp³-hybridized carbons (Fsp3) is 0.333. The summed E-state index contributed by atoms with van der Waals surface area (Å²) in [5.74, 6) is 0.886. The number of benzene rings is 2. The average Bonchev–Trinajstić information content (AvgIpc) is 3.08. The molecule has 0 radical (unpaired) electrons. The molecule has 27 heavy (non-hydrogen) atoms. The highest BCUT2D eigenvalue weighted by Crippen LogP contribution is 2.31. The van der Waals surface area contributed by atoms with Crippen LogP contribution in [0.5, 0.6) is 0 Å². The molecule has 0 aromatic heterocycles. The van der Waals surface area contributed by atoms with Gasteiger partial charge >= 0.3 is 0 Å². The Morgan fingerprint density at radius 3 is 2.48 bits per heavy atom. The normalized spacial score (nSPS) is 18.3. The van der Waals surface area contributed by atoms with E-state index in [0.29, 0.717) is 37.4 Å². The van der Waals surface area contributed by atoms with Crippen molar-refractivity contribution in [3.63, 3.8) is 0 Å². The molecule has 1 spiro atoms. The summed E-state index contributed by atoms with van der Waals surface area (Å²) < 4.78 is 0. The van der Waals surface area contributed by atoms with Crippen molar-refractivity contribution in [2.45, 2.75) is 31.9 Å². The van der Waals surface area contributed by atoms with E-state index in [9.17, 15) is 4.79 Å². The van der Waals surface area contributed by atoms with Gasteiger partial charge in [-0.05, 0) is 24.6 Å². The molecule has 2 aromatic rings. The maximum absolute atomic E-state index is 12.6. The number of rotatable bonds is 3. The van der Waals surface area contributed by atoms with E-state index < -0.39 is 5.72 Å². The third-order valence-corrected chi connectivity index (χ3v) is 5.40. The summed E-state index contributed by atoms with van der Waals surface area (Å²) in [6, 6.07) is 15.6. The number of hydroxylamine groups is 1. The maximum atomic E-state index is 12.6. The zero-order valence-corrected chi connectivity index (χ0v) is 16.0. The van der Waals surface area contributed by atoms with E-state index in [1.54, 1.807) is 0 Å². The highest BCUT2D eigenvalue weighted by molar-refractivity contribution is 6.30. The molecule has 2 aromatic carbocycles. The van der Waals surface area contributed by atoms with Crippen molar-refractivity contribution in [1.82, 2.24) is 10.4 Å². The van der Waals surface area contributed by atoms with E-state index in [-0.39, 0.29) is 5.91 Å². The van der Waals surface area contributed by atoms with Gasteiger partial charge < -0.3 is 4.90 Å². The van der Waals surface area contributed by atoms with Gasteiger partial charge in [0.15, 0.2) is 11.6 Å². The summed E-state index contributed by atoms with van der Waals surface area (Å²) in [7, 11) is 0. The first kappa shape index (κ1) is 18.0. The number of carbonyl (C=O) groups is 1. The first-order valence-electron chi connectivity index (χ1n) is 9.16. The van der Waals surface area contributed by atoms with Crippen LogP contribution in [-0.4, -0.2) is 35.5 Å². The van der Waals surface area contributed by atoms with Crippen molar-refractivity contribution in [1.29, 1.82) is 0 Å². The third kappa shape index (κ3) is 3.99. The monoisotopic (exact) mass is 383 g/mol. The molecule has 0 aliphatic carbocycles. The molecule has 0 unspecified atom stereocenters. The van der Waals surface area contributed by atoms with E-state index in [4.69, 9.17) is 21.4 Å². The topological polar surface area (TPSA) is 53.9 Å². The number of nitrogens with zero attached hydrogens (tertiary/aromatic N) is 2. The zero-order chi connectivity index (χ0) is 18.9. The van der Waals surface area contributed by atoms with Gasteiger partial charge in [0, 0.05) is 36.5 Å². The van der Waals surface area contributed by atoms with Gasteiger partial charge in [-0.25, -0.2) is 15.3 Å². The van der Waals surface area contributed by atoms with Crippen molar-refractivity contribution in [3.8, 4) is 0 Å². The number of hydrogen-bond donors (Lipinski definition) is 1. The zero-order valence-electron chi connectivity index (χ0n) is 15.2. The molecular formula is C21H22ClN3O2. The number of amides is 1. The van der Waals surface area contributed by atoms with Gasteiger partial charge in [0.25, 0.3) is 0 Å². The molecule has 0 saturated carbocycles. The highest BCUT2D eigenvalue weighted by Gasteiger charge is 2.41. The summed E-state index contributed by atoms with van der Waals surface area (Å²) in [5.41, 5.74) is 5.60. The molecule has 140 valence electrons. The van der Waals surface area contributed by atoms with Gasteiger partial charge in [-0.15, -0.1) is 0 Å². The maximum Gasteiger partial charge on any atom is 0.226 e. The average molecular weight is 384 g/mol. The smallest absolute Gasteiger partial charge is 0.226 e. The minimum atomic E-state index is -0.572. The number of piperidine rings is 1. The predicted octanol–water partition coefficient (Wildman–Crippen LogP) is 3.49. The van der Waals surface area contributed by atoms with Crippen LogP contribution in [0, 0.1) is 6.92 Å². The van der Waals surface area contributed by atoms with Crippen LogP contribution in [0.15, 0.2) is 53.5 Å². The number of likely N-dealkylation sites (tertiary alicyclic amines) is 1. The standard InChI is InChI=1S/C21H22ClN3O2/c1-15-2-6-17(7-3-15)20-23-21(27-24-20)10-12-25(13-11-21)19(26)14-16-4-8-18(22)9-5-16/h2-9H,10-14H2,1H3,(H,23,24). The second-order valence-electron chi connectivity index (χ2n) is 7.16. The SMILES string of the molecule is Cc1ccc(C2=NC3(CCN(C(=O)Cc4ccc(Cl)cc4)CC3)ON2)cc1. The Kier molecular flexibility index (Phi) is 4.89. The van der Waals surface area contributed by atoms with Crippen molar-refractivity contribution in [2.24, 2.45) is 4.99 Å². The van der Waals surface area contributed by atoms with Crippen LogP contribution >= 0.6 is 11.6 Å². The molecule has 2 heterocycles. The molecule has 1 saturated heterocycles. The Morgan fingerprint density at radius 1 is 1.15 bits per heavy atom. The lowest BCUT2D eigenvalue weighted by atomic mass is 10.00. The molecule has 0 atom stereocenters. The Hall–Kier alpha value is -2.37. The molecule has 2 aliphatic rings. The summed E-state index contributed by atoms with van der Waals surface area (Å²) in [4.78, 5) is 25.1. The van der Waals surface area contributed by atoms with Crippen LogP contribution in [-0.2, 0) is 16.1 Å². The minimum absolute atomic E-state index is 0.126. The summed E-state index contributed by atoms with van der Waals surface area (Å²) in [6.45, 7) is 3.33. The van der Waals surface area contributed by atoms with Gasteiger partial charge in [0.1, 0.15) is 0 Å². The summed E-state index contributed by atoms with van der Waals surface area (Å²) in [5, 5.41) is 0.680. The number of aliphatic imine (C=N–C) groups is 1. The van der Waals surface area contributed by atoms with E-state index in [1.807, 2.05) is 41.3 Å². The minimum Gasteiger partial charge on any atom is -0.342 e. The molecule has 1 amide bonds. The molecule has 0 bridgehead atoms. The van der Waals surface area contributed by atoms with Gasteiger partial charge in [-0.1, -0.05) is 53.6 Å². The van der Waals surface area contributed by atoms with Crippen LogP contribution in [0.2, 0.25) is 5.02 Å². The fourth-order valence-electron chi connectivity index (χ4n) is 3.44. The van der Waals surface area contributed by atoms with Crippen LogP contribution in [0.4, 0.5) is 0 Å². The Labute approximate surface area is 163 Å². The number of hydrogen-bond acceptors (Lipinski definition) is 4. The molecule has 4 rings (SSSR count). The number of aryl methyl sites for hydroxylation is 1. The number of halogens is 1. The van der Waals surface area contributed by atoms with Crippen LogP contribution in [0.1, 0.15) is 29.5 Å². The lowest BCUT2D eigenvalue weighted by Crippen LogP contribution is -2.47. The van der Waals surface area contributed by atoms with E-state index >= 15 is 0 Å². The first-order chi connectivity index (χ1) is 13.0. The highest BCUT2D eigenvalue weighted by atomic mass is 35.5. The van der Waals surface area contributed by atoms with Gasteiger partial charge in [0.05, 0.1) is 6.42 Å². The van der Waals surface area contributed by atoms with Gasteiger partial charge in [-0.3, -0.25) is 4.79 Å². The number of carbonyl (C=O) groups excluding carboxylic acids is 1. The fourth-order valence-corrected chi connectivity index (χ4v) is 3.56. The number of nitrogens with one attached hydrogen (secondary N) is 1. The Balaban J connectivity index is 1.37. The number of amidine groups is 1. The molecule has 1 fully saturated rings. The lowest BCUT2D eigenvalue weighted by Gasteiger charge is -2.35. The molecular weight excluding hydrogens is 362 g/mol. The molecule has 6 heteroatoms. The van der Waals surface area contributed by atoms with Crippen molar-refractivity contribution in [3.05, 3.63) is 70.2 Å². The van der Waals surface area contributed by atoms with Crippen molar-refractivity contribution in [2.75, 3.05) is 13.1 Å². The Morgan fingerprint density at radius 2 is 1.81 bits per heavy atom. The van der Waals surface area contributed by atoms with Crippen molar-refractivity contribution >= 4 is 23.3 Å². The quantitative estimate of drug-likeness (QED) is 0.882.